The highest BCUT2D eigenvalue weighted by atomic mass is 35.5. The van der Waals surface area contributed by atoms with E-state index >= 15 is 0 Å². The van der Waals surface area contributed by atoms with Crippen molar-refractivity contribution in [3.63, 3.8) is 0 Å². The van der Waals surface area contributed by atoms with Crippen molar-refractivity contribution in [2.45, 2.75) is 6.42 Å². The minimum Gasteiger partial charge on any atom is -0.492 e. The van der Waals surface area contributed by atoms with E-state index in [1.807, 2.05) is 18.2 Å². The smallest absolute Gasteiger partial charge is 0.193 e. The number of halogens is 2. The molecule has 1 aliphatic heterocycles. The normalized spacial score (nSPS) is 13.8. The van der Waals surface area contributed by atoms with Crippen LogP contribution in [0.4, 0.5) is 10.1 Å². The number of fused-ring (bicyclic) bond motifs is 1. The molecule has 3 rings (SSSR count). The molecule has 1 aliphatic rings. The molecule has 0 aliphatic carbocycles. The van der Waals surface area contributed by atoms with Gasteiger partial charge in [-0.15, -0.1) is 0 Å². The van der Waals surface area contributed by atoms with Crippen molar-refractivity contribution in [1.82, 2.24) is 0 Å². The first-order chi connectivity index (χ1) is 12.6. The lowest BCUT2D eigenvalue weighted by Gasteiger charge is -2.11. The molecule has 0 aromatic heterocycles. The maximum atomic E-state index is 13.3. The molecule has 6 nitrogen and oxygen atoms in total. The molecule has 0 saturated heterocycles. The molecule has 0 bridgehead atoms. The summed E-state index contributed by atoms with van der Waals surface area (Å²) in [7, 11) is 0. The molecular weight excluding hydrogens is 361 g/mol. The maximum absolute atomic E-state index is 13.3. The molecule has 0 atom stereocenters. The van der Waals surface area contributed by atoms with Gasteiger partial charge in [0, 0.05) is 24.2 Å². The van der Waals surface area contributed by atoms with E-state index in [-0.39, 0.29) is 17.6 Å². The Balaban J connectivity index is 1.50. The highest BCUT2D eigenvalue weighted by Crippen LogP contribution is 2.32. The van der Waals surface area contributed by atoms with Crippen molar-refractivity contribution >= 4 is 23.2 Å². The van der Waals surface area contributed by atoms with E-state index in [9.17, 15) is 4.39 Å². The number of rotatable bonds is 5. The minimum absolute atomic E-state index is 0.0546. The van der Waals surface area contributed by atoms with Gasteiger partial charge in [-0.25, -0.2) is 9.38 Å². The molecule has 2 aromatic rings. The highest BCUT2D eigenvalue weighted by Gasteiger charge is 2.10. The SMILES string of the molecule is NC(=NCCOc1ccc(Cl)c(F)c1)Nc1ccc2c(c1)OCCCO2. The van der Waals surface area contributed by atoms with Gasteiger partial charge in [-0.05, 0) is 24.3 Å². The molecule has 3 N–H and O–H groups in total. The van der Waals surface area contributed by atoms with Crippen LogP contribution in [0.2, 0.25) is 5.02 Å². The number of nitrogens with two attached hydrogens (primary N) is 1. The van der Waals surface area contributed by atoms with E-state index in [4.69, 9.17) is 31.5 Å². The summed E-state index contributed by atoms with van der Waals surface area (Å²) >= 11 is 5.62. The summed E-state index contributed by atoms with van der Waals surface area (Å²) in [4.78, 5) is 4.17. The summed E-state index contributed by atoms with van der Waals surface area (Å²) in [5.74, 6) is 1.49. The third-order valence-corrected chi connectivity index (χ3v) is 3.86. The standard InChI is InChI=1S/C18H19ClFN3O3/c19-14-4-3-13(11-15(14)20)24-9-6-22-18(21)23-12-2-5-16-17(10-12)26-8-1-7-25-16/h2-5,10-11H,1,6-9H2,(H3,21,22,23). The summed E-state index contributed by atoms with van der Waals surface area (Å²) in [5.41, 5.74) is 6.62. The van der Waals surface area contributed by atoms with Gasteiger partial charge < -0.3 is 25.3 Å². The zero-order chi connectivity index (χ0) is 18.4. The lowest BCUT2D eigenvalue weighted by Crippen LogP contribution is -2.23. The Morgan fingerprint density at radius 1 is 1.19 bits per heavy atom. The number of hydrogen-bond acceptors (Lipinski definition) is 4. The monoisotopic (exact) mass is 379 g/mol. The topological polar surface area (TPSA) is 78.1 Å². The van der Waals surface area contributed by atoms with Gasteiger partial charge in [0.1, 0.15) is 18.2 Å². The second kappa shape index (κ2) is 8.62. The molecule has 0 saturated carbocycles. The van der Waals surface area contributed by atoms with E-state index in [1.54, 1.807) is 6.07 Å². The van der Waals surface area contributed by atoms with Gasteiger partial charge in [0.05, 0.1) is 24.8 Å². The maximum Gasteiger partial charge on any atom is 0.193 e. The van der Waals surface area contributed by atoms with Gasteiger partial charge in [0.25, 0.3) is 0 Å². The first-order valence-electron chi connectivity index (χ1n) is 8.16. The van der Waals surface area contributed by atoms with Gasteiger partial charge in [-0.1, -0.05) is 11.6 Å². The van der Waals surface area contributed by atoms with Crippen LogP contribution < -0.4 is 25.3 Å². The average molecular weight is 380 g/mol. The Hall–Kier alpha value is -2.67. The fourth-order valence-electron chi connectivity index (χ4n) is 2.32. The molecule has 1 heterocycles. The largest absolute Gasteiger partial charge is 0.492 e. The van der Waals surface area contributed by atoms with Crippen LogP contribution in [0.3, 0.4) is 0 Å². The summed E-state index contributed by atoms with van der Waals surface area (Å²) in [6.45, 7) is 1.82. The number of nitrogens with zero attached hydrogens (tertiary/aromatic N) is 1. The molecule has 0 amide bonds. The molecule has 138 valence electrons. The van der Waals surface area contributed by atoms with Crippen LogP contribution in [-0.2, 0) is 0 Å². The third kappa shape index (κ3) is 4.92. The van der Waals surface area contributed by atoms with Gasteiger partial charge in [0.15, 0.2) is 17.5 Å². The number of guanidine groups is 1. The van der Waals surface area contributed by atoms with E-state index < -0.39 is 5.82 Å². The first kappa shape index (κ1) is 18.1. The number of anilines is 1. The molecular formula is C18H19ClFN3O3. The Morgan fingerprint density at radius 2 is 2.00 bits per heavy atom. The Labute approximate surface area is 155 Å². The summed E-state index contributed by atoms with van der Waals surface area (Å²) < 4.78 is 29.9. The van der Waals surface area contributed by atoms with Gasteiger partial charge in [-0.3, -0.25) is 0 Å². The van der Waals surface area contributed by atoms with Crippen LogP contribution in [0, 0.1) is 5.82 Å². The van der Waals surface area contributed by atoms with E-state index in [0.29, 0.717) is 37.0 Å². The highest BCUT2D eigenvalue weighted by molar-refractivity contribution is 6.30. The van der Waals surface area contributed by atoms with Crippen LogP contribution in [0.5, 0.6) is 17.2 Å². The van der Waals surface area contributed by atoms with E-state index in [0.717, 1.165) is 12.1 Å². The second-order valence-electron chi connectivity index (χ2n) is 5.53. The number of ether oxygens (including phenoxy) is 3. The fourth-order valence-corrected chi connectivity index (χ4v) is 2.44. The number of benzene rings is 2. The van der Waals surface area contributed by atoms with Crippen molar-refractivity contribution in [2.24, 2.45) is 10.7 Å². The quantitative estimate of drug-likeness (QED) is 0.472. The molecule has 0 unspecified atom stereocenters. The summed E-state index contributed by atoms with van der Waals surface area (Å²) in [6, 6.07) is 9.74. The molecule has 0 radical (unpaired) electrons. The number of hydrogen-bond donors (Lipinski definition) is 2. The van der Waals surface area contributed by atoms with Crippen LogP contribution in [0.15, 0.2) is 41.4 Å². The van der Waals surface area contributed by atoms with Crippen LogP contribution >= 0.6 is 11.6 Å². The fraction of sp³-hybridized carbons (Fsp3) is 0.278. The van der Waals surface area contributed by atoms with Gasteiger partial charge >= 0.3 is 0 Å². The molecule has 2 aromatic carbocycles. The van der Waals surface area contributed by atoms with Crippen LogP contribution in [0.1, 0.15) is 6.42 Å². The Morgan fingerprint density at radius 3 is 2.81 bits per heavy atom. The first-order valence-corrected chi connectivity index (χ1v) is 8.54. The average Bonchev–Trinajstić information content (AvgIpc) is 2.86. The van der Waals surface area contributed by atoms with Crippen molar-refractivity contribution in [3.8, 4) is 17.2 Å². The van der Waals surface area contributed by atoms with Crippen molar-refractivity contribution < 1.29 is 18.6 Å². The van der Waals surface area contributed by atoms with Crippen molar-refractivity contribution in [1.29, 1.82) is 0 Å². The zero-order valence-corrected chi connectivity index (χ0v) is 14.8. The van der Waals surface area contributed by atoms with Crippen LogP contribution in [0.25, 0.3) is 0 Å². The second-order valence-corrected chi connectivity index (χ2v) is 5.94. The van der Waals surface area contributed by atoms with Gasteiger partial charge in [0.2, 0.25) is 0 Å². The molecule has 0 fully saturated rings. The summed E-state index contributed by atoms with van der Waals surface area (Å²) in [5, 5.41) is 3.04. The number of nitrogens with one attached hydrogen (secondary N) is 1. The molecule has 26 heavy (non-hydrogen) atoms. The molecule has 8 heteroatoms. The minimum atomic E-state index is -0.525. The zero-order valence-electron chi connectivity index (χ0n) is 14.0. The lowest BCUT2D eigenvalue weighted by atomic mass is 10.3. The van der Waals surface area contributed by atoms with E-state index in [1.165, 1.54) is 12.1 Å². The third-order valence-electron chi connectivity index (χ3n) is 3.55. The van der Waals surface area contributed by atoms with Crippen LogP contribution in [-0.4, -0.2) is 32.3 Å². The van der Waals surface area contributed by atoms with Gasteiger partial charge in [-0.2, -0.15) is 0 Å². The number of aliphatic imine (C=N–C) groups is 1. The molecule has 0 spiro atoms. The lowest BCUT2D eigenvalue weighted by molar-refractivity contribution is 0.297. The van der Waals surface area contributed by atoms with E-state index in [2.05, 4.69) is 10.3 Å². The predicted molar refractivity (Wildman–Crippen MR) is 99.1 cm³/mol. The Bertz CT molecular complexity index is 801. The van der Waals surface area contributed by atoms with Crippen molar-refractivity contribution in [3.05, 3.63) is 47.2 Å². The van der Waals surface area contributed by atoms with Crippen molar-refractivity contribution in [2.75, 3.05) is 31.7 Å². The Kier molecular flexibility index (Phi) is 6.01. The predicted octanol–water partition coefficient (Wildman–Crippen LogP) is 3.45. The summed E-state index contributed by atoms with van der Waals surface area (Å²) in [6.07, 6.45) is 0.846.